The number of hydrogen-bond donors (Lipinski definition) is 1. The number of aromatic amines is 1. The van der Waals surface area contributed by atoms with Crippen molar-refractivity contribution in [1.82, 2.24) is 4.98 Å². The van der Waals surface area contributed by atoms with Crippen LogP contribution >= 0.6 is 15.9 Å². The third-order valence-corrected chi connectivity index (χ3v) is 3.70. The molecule has 0 unspecified atom stereocenters. The smallest absolute Gasteiger partial charge is 0.120 e. The van der Waals surface area contributed by atoms with Crippen LogP contribution in [0.3, 0.4) is 0 Å². The molecule has 0 spiro atoms. The summed E-state index contributed by atoms with van der Waals surface area (Å²) in [4.78, 5) is 3.39. The second-order valence-corrected chi connectivity index (χ2v) is 4.92. The largest absolute Gasteiger partial charge is 0.497 e. The van der Waals surface area contributed by atoms with Gasteiger partial charge in [-0.05, 0) is 46.3 Å². The molecule has 3 rings (SSSR count). The number of benzene rings is 2. The zero-order chi connectivity index (χ0) is 12.7. The summed E-state index contributed by atoms with van der Waals surface area (Å²) in [5.41, 5.74) is 2.15. The third kappa shape index (κ3) is 1.64. The number of nitrogens with one attached hydrogen (secondary N) is 1. The first-order chi connectivity index (χ1) is 8.72. The van der Waals surface area contributed by atoms with E-state index in [1.807, 2.05) is 30.3 Å². The van der Waals surface area contributed by atoms with Crippen molar-refractivity contribution < 1.29 is 9.47 Å². The highest BCUT2D eigenvalue weighted by Gasteiger charge is 2.10. The van der Waals surface area contributed by atoms with Crippen molar-refractivity contribution in [3.63, 3.8) is 0 Å². The Hall–Kier alpha value is -1.68. The van der Waals surface area contributed by atoms with Crippen molar-refractivity contribution in [2.75, 3.05) is 14.2 Å². The zero-order valence-corrected chi connectivity index (χ0v) is 11.7. The van der Waals surface area contributed by atoms with Crippen molar-refractivity contribution in [1.29, 1.82) is 0 Å². The van der Waals surface area contributed by atoms with Gasteiger partial charge in [0.2, 0.25) is 0 Å². The normalized spacial score (nSPS) is 11.1. The van der Waals surface area contributed by atoms with Gasteiger partial charge in [0.1, 0.15) is 11.5 Å². The van der Waals surface area contributed by atoms with Gasteiger partial charge in [-0.15, -0.1) is 0 Å². The summed E-state index contributed by atoms with van der Waals surface area (Å²) in [6.07, 6.45) is 0. The van der Waals surface area contributed by atoms with Gasteiger partial charge >= 0.3 is 0 Å². The van der Waals surface area contributed by atoms with Crippen LogP contribution in [0.4, 0.5) is 0 Å². The van der Waals surface area contributed by atoms with E-state index in [-0.39, 0.29) is 0 Å². The van der Waals surface area contributed by atoms with Crippen LogP contribution in [0, 0.1) is 0 Å². The van der Waals surface area contributed by atoms with E-state index in [9.17, 15) is 0 Å². The topological polar surface area (TPSA) is 34.2 Å². The average Bonchev–Trinajstić information content (AvgIpc) is 2.77. The first kappa shape index (κ1) is 11.4. The van der Waals surface area contributed by atoms with Crippen LogP contribution in [0.2, 0.25) is 0 Å². The molecular formula is C14H12BrNO2. The van der Waals surface area contributed by atoms with Gasteiger partial charge < -0.3 is 14.5 Å². The van der Waals surface area contributed by atoms with Crippen LogP contribution < -0.4 is 9.47 Å². The van der Waals surface area contributed by atoms with Gasteiger partial charge in [-0.25, -0.2) is 0 Å². The summed E-state index contributed by atoms with van der Waals surface area (Å²) in [7, 11) is 3.34. The van der Waals surface area contributed by atoms with Gasteiger partial charge in [0.15, 0.2) is 0 Å². The molecule has 1 aromatic heterocycles. The molecule has 0 atom stereocenters. The lowest BCUT2D eigenvalue weighted by atomic mass is 10.1. The van der Waals surface area contributed by atoms with E-state index < -0.39 is 0 Å². The summed E-state index contributed by atoms with van der Waals surface area (Å²) in [6, 6.07) is 9.98. The maximum atomic E-state index is 5.30. The minimum absolute atomic E-state index is 0.832. The quantitative estimate of drug-likeness (QED) is 0.773. The summed E-state index contributed by atoms with van der Waals surface area (Å²) in [6.45, 7) is 0. The Labute approximate surface area is 113 Å². The van der Waals surface area contributed by atoms with Crippen LogP contribution in [-0.2, 0) is 0 Å². The lowest BCUT2D eigenvalue weighted by Gasteiger charge is -2.02. The predicted octanol–water partition coefficient (Wildman–Crippen LogP) is 4.10. The van der Waals surface area contributed by atoms with Crippen molar-refractivity contribution in [3.8, 4) is 11.5 Å². The number of fused-ring (bicyclic) bond motifs is 3. The van der Waals surface area contributed by atoms with E-state index in [0.29, 0.717) is 0 Å². The number of hydrogen-bond acceptors (Lipinski definition) is 2. The summed E-state index contributed by atoms with van der Waals surface area (Å²) < 4.78 is 11.6. The second-order valence-electron chi connectivity index (χ2n) is 4.07. The van der Waals surface area contributed by atoms with Crippen molar-refractivity contribution in [2.45, 2.75) is 0 Å². The average molecular weight is 306 g/mol. The molecule has 0 aliphatic heterocycles. The van der Waals surface area contributed by atoms with Crippen molar-refractivity contribution in [3.05, 3.63) is 34.8 Å². The minimum atomic E-state index is 0.832. The van der Waals surface area contributed by atoms with Crippen LogP contribution in [0.1, 0.15) is 0 Å². The number of methoxy groups -OCH3 is 2. The van der Waals surface area contributed by atoms with Gasteiger partial charge in [0.25, 0.3) is 0 Å². The minimum Gasteiger partial charge on any atom is -0.497 e. The lowest BCUT2D eigenvalue weighted by molar-refractivity contribution is 0.415. The molecule has 0 radical (unpaired) electrons. The van der Waals surface area contributed by atoms with Crippen molar-refractivity contribution >= 4 is 37.7 Å². The van der Waals surface area contributed by atoms with Gasteiger partial charge in [-0.2, -0.15) is 0 Å². The Bertz CT molecular complexity index is 733. The maximum Gasteiger partial charge on any atom is 0.120 e. The molecule has 0 amide bonds. The van der Waals surface area contributed by atoms with Gasteiger partial charge in [0, 0.05) is 20.8 Å². The maximum absolute atomic E-state index is 5.30. The van der Waals surface area contributed by atoms with Gasteiger partial charge in [-0.3, -0.25) is 0 Å². The molecule has 1 N–H and O–H groups in total. The van der Waals surface area contributed by atoms with Gasteiger partial charge in [-0.1, -0.05) is 0 Å². The molecule has 1 heterocycles. The number of rotatable bonds is 2. The van der Waals surface area contributed by atoms with E-state index >= 15 is 0 Å². The van der Waals surface area contributed by atoms with Crippen LogP contribution in [0.15, 0.2) is 34.8 Å². The van der Waals surface area contributed by atoms with E-state index in [1.54, 1.807) is 14.2 Å². The van der Waals surface area contributed by atoms with Crippen LogP contribution in [0.5, 0.6) is 11.5 Å². The Kier molecular flexibility index (Phi) is 2.67. The standard InChI is InChI=1S/C14H12BrNO2/c1-17-8-3-4-13-10(5-8)11-6-9(18-2)7-12(15)14(11)16-13/h3-7,16H,1-2H3. The molecule has 0 aliphatic carbocycles. The molecule has 3 aromatic rings. The van der Waals surface area contributed by atoms with Crippen LogP contribution in [0.25, 0.3) is 21.8 Å². The van der Waals surface area contributed by atoms with Crippen LogP contribution in [-0.4, -0.2) is 19.2 Å². The molecule has 2 aromatic carbocycles. The number of H-pyrrole nitrogens is 1. The molecule has 0 saturated heterocycles. The highest BCUT2D eigenvalue weighted by atomic mass is 79.9. The summed E-state index contributed by atoms with van der Waals surface area (Å²) >= 11 is 3.56. The number of aromatic nitrogens is 1. The fourth-order valence-electron chi connectivity index (χ4n) is 2.16. The van der Waals surface area contributed by atoms with E-state index in [2.05, 4.69) is 20.9 Å². The zero-order valence-electron chi connectivity index (χ0n) is 10.1. The Morgan fingerprint density at radius 1 is 0.944 bits per heavy atom. The van der Waals surface area contributed by atoms with Gasteiger partial charge in [0.05, 0.1) is 19.7 Å². The first-order valence-electron chi connectivity index (χ1n) is 5.56. The fraction of sp³-hybridized carbons (Fsp3) is 0.143. The van der Waals surface area contributed by atoms with Crippen molar-refractivity contribution in [2.24, 2.45) is 0 Å². The van der Waals surface area contributed by atoms with E-state index in [0.717, 1.165) is 37.8 Å². The molecule has 0 bridgehead atoms. The number of ether oxygens (including phenoxy) is 2. The highest BCUT2D eigenvalue weighted by Crippen LogP contribution is 2.35. The molecule has 0 saturated carbocycles. The fourth-order valence-corrected chi connectivity index (χ4v) is 2.69. The highest BCUT2D eigenvalue weighted by molar-refractivity contribution is 9.10. The summed E-state index contributed by atoms with van der Waals surface area (Å²) in [5.74, 6) is 1.68. The molecule has 92 valence electrons. The lowest BCUT2D eigenvalue weighted by Crippen LogP contribution is -1.83. The molecule has 0 aliphatic rings. The molecule has 3 nitrogen and oxygen atoms in total. The van der Waals surface area contributed by atoms with E-state index in [4.69, 9.17) is 9.47 Å². The first-order valence-corrected chi connectivity index (χ1v) is 6.35. The molecule has 18 heavy (non-hydrogen) atoms. The third-order valence-electron chi connectivity index (χ3n) is 3.08. The molecular weight excluding hydrogens is 294 g/mol. The Morgan fingerprint density at radius 3 is 2.39 bits per heavy atom. The predicted molar refractivity (Wildman–Crippen MR) is 76.6 cm³/mol. The second kappa shape index (κ2) is 4.21. The molecule has 4 heteroatoms. The Morgan fingerprint density at radius 2 is 1.67 bits per heavy atom. The SMILES string of the molecule is COc1ccc2[nH]c3c(Br)cc(OC)cc3c2c1. The van der Waals surface area contributed by atoms with E-state index in [1.165, 1.54) is 0 Å². The summed E-state index contributed by atoms with van der Waals surface area (Å²) in [5, 5.41) is 2.25. The monoisotopic (exact) mass is 305 g/mol. The molecule has 0 fully saturated rings. The Balaban J connectivity index is 2.42. The number of halogens is 1.